The maximum Gasteiger partial charge on any atom is 0.0775 e. The van der Waals surface area contributed by atoms with Gasteiger partial charge in [0, 0.05) is 23.0 Å². The first-order valence-corrected chi connectivity index (χ1v) is 8.27. The highest BCUT2D eigenvalue weighted by Crippen LogP contribution is 2.16. The van der Waals surface area contributed by atoms with Gasteiger partial charge in [0.2, 0.25) is 0 Å². The molecule has 0 aliphatic carbocycles. The molecule has 2 rings (SSSR count). The maximum absolute atomic E-state index is 3.55. The molecule has 1 atom stereocenters. The molecule has 2 heteroatoms. The van der Waals surface area contributed by atoms with Crippen LogP contribution < -0.4 is 5.32 Å². The van der Waals surface area contributed by atoms with Crippen molar-refractivity contribution in [3.63, 3.8) is 0 Å². The average molecular weight is 297 g/mol. The highest BCUT2D eigenvalue weighted by molar-refractivity contribution is 7.12. The third-order valence-corrected chi connectivity index (χ3v) is 4.64. The Balaban J connectivity index is 1.96. The summed E-state index contributed by atoms with van der Waals surface area (Å²) < 4.78 is 0. The van der Waals surface area contributed by atoms with E-state index in [0.717, 1.165) is 17.0 Å². The van der Waals surface area contributed by atoms with Crippen LogP contribution in [-0.2, 0) is 6.54 Å². The summed E-state index contributed by atoms with van der Waals surface area (Å²) in [5, 5.41) is 3.55. The first-order chi connectivity index (χ1) is 10.0. The monoisotopic (exact) mass is 297 g/mol. The van der Waals surface area contributed by atoms with E-state index < -0.39 is 0 Å². The van der Waals surface area contributed by atoms with Crippen molar-refractivity contribution in [2.24, 2.45) is 5.92 Å². The lowest BCUT2D eigenvalue weighted by molar-refractivity contribution is 0.428. The van der Waals surface area contributed by atoms with Crippen molar-refractivity contribution in [3.8, 4) is 11.8 Å². The zero-order valence-electron chi connectivity index (χ0n) is 13.2. The second kappa shape index (κ2) is 7.45. The van der Waals surface area contributed by atoms with Crippen LogP contribution in [0, 0.1) is 24.7 Å². The van der Waals surface area contributed by atoms with Crippen molar-refractivity contribution < 1.29 is 0 Å². The van der Waals surface area contributed by atoms with Gasteiger partial charge in [-0.3, -0.25) is 0 Å². The molecule has 1 heterocycles. The van der Waals surface area contributed by atoms with Crippen LogP contribution in [0.15, 0.2) is 36.4 Å². The third kappa shape index (κ3) is 5.04. The smallest absolute Gasteiger partial charge is 0.0775 e. The summed E-state index contributed by atoms with van der Waals surface area (Å²) in [4.78, 5) is 2.47. The molecule has 1 aromatic carbocycles. The Morgan fingerprint density at radius 2 is 1.71 bits per heavy atom. The van der Waals surface area contributed by atoms with Gasteiger partial charge < -0.3 is 5.32 Å². The van der Waals surface area contributed by atoms with Crippen LogP contribution in [-0.4, -0.2) is 6.04 Å². The molecule has 0 spiro atoms. The Labute approximate surface area is 132 Å². The quantitative estimate of drug-likeness (QED) is 0.814. The molecule has 0 amide bonds. The van der Waals surface area contributed by atoms with E-state index >= 15 is 0 Å². The lowest BCUT2D eigenvalue weighted by Crippen LogP contribution is -2.29. The minimum Gasteiger partial charge on any atom is -0.309 e. The second-order valence-corrected chi connectivity index (χ2v) is 6.96. The number of hydrogen-bond donors (Lipinski definition) is 1. The Bertz CT molecular complexity index is 626. The van der Waals surface area contributed by atoms with Crippen molar-refractivity contribution in [1.82, 2.24) is 5.32 Å². The molecule has 1 aromatic heterocycles. The molecule has 2 aromatic rings. The fourth-order valence-corrected chi connectivity index (χ4v) is 2.62. The molecule has 21 heavy (non-hydrogen) atoms. The Hall–Kier alpha value is -1.56. The number of benzene rings is 1. The highest BCUT2D eigenvalue weighted by atomic mass is 32.1. The summed E-state index contributed by atoms with van der Waals surface area (Å²) in [6.45, 7) is 9.73. The number of aryl methyl sites for hydroxylation is 1. The maximum atomic E-state index is 3.55. The van der Waals surface area contributed by atoms with E-state index in [1.165, 1.54) is 10.4 Å². The van der Waals surface area contributed by atoms with Gasteiger partial charge in [-0.05, 0) is 44.0 Å². The Morgan fingerprint density at radius 1 is 1.00 bits per heavy atom. The van der Waals surface area contributed by atoms with Crippen LogP contribution in [0.3, 0.4) is 0 Å². The molecular weight excluding hydrogens is 274 g/mol. The van der Waals surface area contributed by atoms with Crippen molar-refractivity contribution in [1.29, 1.82) is 0 Å². The summed E-state index contributed by atoms with van der Waals surface area (Å²) in [7, 11) is 0. The lowest BCUT2D eigenvalue weighted by Gasteiger charge is -2.16. The number of nitrogens with one attached hydrogen (secondary N) is 1. The molecule has 0 saturated heterocycles. The molecule has 1 N–H and O–H groups in total. The summed E-state index contributed by atoms with van der Waals surface area (Å²) >= 11 is 1.77. The van der Waals surface area contributed by atoms with E-state index in [9.17, 15) is 0 Å². The number of rotatable bonds is 4. The van der Waals surface area contributed by atoms with Gasteiger partial charge in [-0.15, -0.1) is 11.3 Å². The number of thiophene rings is 1. The fourth-order valence-electron chi connectivity index (χ4n) is 1.81. The van der Waals surface area contributed by atoms with Crippen LogP contribution in [0.2, 0.25) is 0 Å². The van der Waals surface area contributed by atoms with E-state index in [4.69, 9.17) is 0 Å². The second-order valence-electron chi connectivity index (χ2n) is 5.80. The third-order valence-electron chi connectivity index (χ3n) is 3.64. The standard InChI is InChI=1S/C19H23NS/c1-14(2)16(4)20-13-19-12-11-18(21-19)10-9-17-7-5-15(3)6-8-17/h5-8,11-12,14,16,20H,13H2,1-4H3. The predicted molar refractivity (Wildman–Crippen MR) is 92.6 cm³/mol. The molecule has 0 saturated carbocycles. The fraction of sp³-hybridized carbons (Fsp3) is 0.368. The SMILES string of the molecule is Cc1ccc(C#Cc2ccc(CNC(C)C(C)C)s2)cc1. The van der Waals surface area contributed by atoms with Gasteiger partial charge in [0.05, 0.1) is 4.88 Å². The van der Waals surface area contributed by atoms with Crippen LogP contribution in [0.5, 0.6) is 0 Å². The van der Waals surface area contributed by atoms with Crippen molar-refractivity contribution >= 4 is 11.3 Å². The Kier molecular flexibility index (Phi) is 5.61. The van der Waals surface area contributed by atoms with E-state index in [0.29, 0.717) is 12.0 Å². The summed E-state index contributed by atoms with van der Waals surface area (Å²) in [6.07, 6.45) is 0. The van der Waals surface area contributed by atoms with Crippen molar-refractivity contribution in [2.45, 2.75) is 40.3 Å². The van der Waals surface area contributed by atoms with Gasteiger partial charge >= 0.3 is 0 Å². The molecule has 110 valence electrons. The molecule has 1 nitrogen and oxygen atoms in total. The zero-order valence-corrected chi connectivity index (χ0v) is 14.1. The average Bonchev–Trinajstić information content (AvgIpc) is 2.92. The molecular formula is C19H23NS. The first-order valence-electron chi connectivity index (χ1n) is 7.45. The normalized spacial score (nSPS) is 12.0. The predicted octanol–water partition coefficient (Wildman–Crippen LogP) is 4.59. The van der Waals surface area contributed by atoms with Gasteiger partial charge in [0.1, 0.15) is 0 Å². The van der Waals surface area contributed by atoms with Crippen LogP contribution >= 0.6 is 11.3 Å². The van der Waals surface area contributed by atoms with Crippen LogP contribution in [0.25, 0.3) is 0 Å². The van der Waals surface area contributed by atoms with Gasteiger partial charge in [-0.1, -0.05) is 43.4 Å². The van der Waals surface area contributed by atoms with Crippen molar-refractivity contribution in [2.75, 3.05) is 0 Å². The van der Waals surface area contributed by atoms with E-state index in [1.54, 1.807) is 11.3 Å². The van der Waals surface area contributed by atoms with E-state index in [1.807, 2.05) is 0 Å². The van der Waals surface area contributed by atoms with Gasteiger partial charge in [-0.25, -0.2) is 0 Å². The van der Waals surface area contributed by atoms with E-state index in [-0.39, 0.29) is 0 Å². The van der Waals surface area contributed by atoms with Crippen LogP contribution in [0.1, 0.15) is 41.7 Å². The van der Waals surface area contributed by atoms with Gasteiger partial charge in [0.25, 0.3) is 0 Å². The molecule has 0 fully saturated rings. The molecule has 0 aliphatic rings. The summed E-state index contributed by atoms with van der Waals surface area (Å²) in [5.74, 6) is 7.13. The largest absolute Gasteiger partial charge is 0.309 e. The lowest BCUT2D eigenvalue weighted by atomic mass is 10.1. The summed E-state index contributed by atoms with van der Waals surface area (Å²) in [5.41, 5.74) is 2.34. The summed E-state index contributed by atoms with van der Waals surface area (Å²) in [6, 6.07) is 13.2. The van der Waals surface area contributed by atoms with Crippen LogP contribution in [0.4, 0.5) is 0 Å². The minimum absolute atomic E-state index is 0.536. The van der Waals surface area contributed by atoms with E-state index in [2.05, 4.69) is 81.3 Å². The Morgan fingerprint density at radius 3 is 2.38 bits per heavy atom. The van der Waals surface area contributed by atoms with Gasteiger partial charge in [0.15, 0.2) is 0 Å². The molecule has 0 aliphatic heterocycles. The highest BCUT2D eigenvalue weighted by Gasteiger charge is 2.06. The number of hydrogen-bond acceptors (Lipinski definition) is 2. The minimum atomic E-state index is 0.536. The first kappa shape index (κ1) is 15.8. The zero-order chi connectivity index (χ0) is 15.2. The molecule has 1 unspecified atom stereocenters. The topological polar surface area (TPSA) is 12.0 Å². The van der Waals surface area contributed by atoms with Crippen molar-refractivity contribution in [3.05, 3.63) is 57.3 Å². The molecule has 0 bridgehead atoms. The molecule has 0 radical (unpaired) electrons. The van der Waals surface area contributed by atoms with Gasteiger partial charge in [-0.2, -0.15) is 0 Å².